The van der Waals surface area contributed by atoms with Crippen molar-refractivity contribution in [1.29, 1.82) is 0 Å². The molecule has 4 aromatic rings. The van der Waals surface area contributed by atoms with E-state index in [1.54, 1.807) is 24.3 Å². The van der Waals surface area contributed by atoms with Gasteiger partial charge in [-0.15, -0.1) is 0 Å². The normalized spacial score (nSPS) is 11.1. The SMILES string of the molecule is CNS(=O)(=O)c1cccc(Nc2cc(Nc3cccc(-c4ccccc4)c3)ncn2)c1. The first-order chi connectivity index (χ1) is 15.0. The van der Waals surface area contributed by atoms with Gasteiger partial charge in [-0.1, -0.05) is 48.5 Å². The van der Waals surface area contributed by atoms with Crippen molar-refractivity contribution in [3.8, 4) is 11.1 Å². The van der Waals surface area contributed by atoms with Gasteiger partial charge in [-0.05, 0) is 48.5 Å². The number of nitrogens with one attached hydrogen (secondary N) is 3. The van der Waals surface area contributed by atoms with E-state index in [0.717, 1.165) is 16.8 Å². The van der Waals surface area contributed by atoms with E-state index in [-0.39, 0.29) is 4.90 Å². The number of hydrogen-bond donors (Lipinski definition) is 3. The van der Waals surface area contributed by atoms with Gasteiger partial charge in [0.25, 0.3) is 0 Å². The highest BCUT2D eigenvalue weighted by Crippen LogP contribution is 2.25. The smallest absolute Gasteiger partial charge is 0.240 e. The largest absolute Gasteiger partial charge is 0.340 e. The lowest BCUT2D eigenvalue weighted by atomic mass is 10.1. The van der Waals surface area contributed by atoms with Gasteiger partial charge in [-0.25, -0.2) is 23.1 Å². The second-order valence-electron chi connectivity index (χ2n) is 6.72. The molecule has 3 aromatic carbocycles. The van der Waals surface area contributed by atoms with Crippen molar-refractivity contribution in [1.82, 2.24) is 14.7 Å². The van der Waals surface area contributed by atoms with Gasteiger partial charge in [0.2, 0.25) is 10.0 Å². The van der Waals surface area contributed by atoms with Gasteiger partial charge in [-0.3, -0.25) is 0 Å². The highest BCUT2D eigenvalue weighted by molar-refractivity contribution is 7.89. The zero-order chi connectivity index (χ0) is 21.7. The summed E-state index contributed by atoms with van der Waals surface area (Å²) in [5.41, 5.74) is 3.73. The monoisotopic (exact) mass is 431 g/mol. The number of hydrogen-bond acceptors (Lipinski definition) is 6. The van der Waals surface area contributed by atoms with Crippen molar-refractivity contribution in [2.45, 2.75) is 4.90 Å². The molecule has 31 heavy (non-hydrogen) atoms. The fraction of sp³-hybridized carbons (Fsp3) is 0.0435. The van der Waals surface area contributed by atoms with Crippen LogP contribution >= 0.6 is 0 Å². The standard InChI is InChI=1S/C23H21N5O2S/c1-24-31(29,30)21-12-6-11-20(14-21)28-23-15-22(25-16-26-23)27-19-10-5-9-18(13-19)17-7-3-2-4-8-17/h2-16,24H,1H3,(H2,25,26,27,28). The molecule has 1 heterocycles. The molecule has 0 bridgehead atoms. The van der Waals surface area contributed by atoms with Gasteiger partial charge in [0.05, 0.1) is 4.90 Å². The molecule has 156 valence electrons. The van der Waals surface area contributed by atoms with Crippen molar-refractivity contribution in [3.63, 3.8) is 0 Å². The summed E-state index contributed by atoms with van der Waals surface area (Å²) in [5.74, 6) is 1.15. The van der Waals surface area contributed by atoms with Gasteiger partial charge >= 0.3 is 0 Å². The predicted molar refractivity (Wildman–Crippen MR) is 123 cm³/mol. The minimum Gasteiger partial charge on any atom is -0.340 e. The Morgan fingerprint density at radius 3 is 1.97 bits per heavy atom. The Morgan fingerprint density at radius 2 is 1.29 bits per heavy atom. The van der Waals surface area contributed by atoms with Crippen LogP contribution in [0.3, 0.4) is 0 Å². The Kier molecular flexibility index (Phi) is 5.92. The van der Waals surface area contributed by atoms with Crippen LogP contribution in [0, 0.1) is 0 Å². The van der Waals surface area contributed by atoms with Crippen LogP contribution in [0.2, 0.25) is 0 Å². The van der Waals surface area contributed by atoms with Gasteiger partial charge < -0.3 is 10.6 Å². The quantitative estimate of drug-likeness (QED) is 0.398. The van der Waals surface area contributed by atoms with E-state index in [4.69, 9.17) is 0 Å². The van der Waals surface area contributed by atoms with Crippen molar-refractivity contribution in [2.75, 3.05) is 17.7 Å². The molecule has 4 rings (SSSR count). The Bertz CT molecular complexity index is 1290. The first kappa shape index (κ1) is 20.5. The maximum absolute atomic E-state index is 12.0. The van der Waals surface area contributed by atoms with Gasteiger partial charge in [-0.2, -0.15) is 0 Å². The Morgan fingerprint density at radius 1 is 0.677 bits per heavy atom. The van der Waals surface area contributed by atoms with E-state index < -0.39 is 10.0 Å². The number of rotatable bonds is 7. The molecule has 0 radical (unpaired) electrons. The molecule has 0 aliphatic carbocycles. The van der Waals surface area contributed by atoms with Gasteiger partial charge in [0, 0.05) is 17.4 Å². The summed E-state index contributed by atoms with van der Waals surface area (Å²) in [7, 11) is -2.14. The lowest BCUT2D eigenvalue weighted by Gasteiger charge is -2.11. The Balaban J connectivity index is 1.53. The third-order valence-electron chi connectivity index (χ3n) is 4.59. The average molecular weight is 432 g/mol. The first-order valence-corrected chi connectivity index (χ1v) is 11.1. The molecule has 3 N–H and O–H groups in total. The summed E-state index contributed by atoms with van der Waals surface area (Å²) in [6.45, 7) is 0. The molecule has 0 spiro atoms. The van der Waals surface area contributed by atoms with Crippen LogP contribution < -0.4 is 15.4 Å². The number of sulfonamides is 1. The third kappa shape index (κ3) is 5.06. The topological polar surface area (TPSA) is 96.0 Å². The predicted octanol–water partition coefficient (Wildman–Crippen LogP) is 4.54. The van der Waals surface area contributed by atoms with E-state index in [1.165, 1.54) is 19.4 Å². The van der Waals surface area contributed by atoms with Crippen LogP contribution in [0.15, 0.2) is 96.2 Å². The second kappa shape index (κ2) is 8.95. The van der Waals surface area contributed by atoms with E-state index in [0.29, 0.717) is 17.3 Å². The maximum Gasteiger partial charge on any atom is 0.240 e. The summed E-state index contributed by atoms with van der Waals surface area (Å²) < 4.78 is 26.3. The fourth-order valence-electron chi connectivity index (χ4n) is 3.06. The molecule has 8 heteroatoms. The van der Waals surface area contributed by atoms with Crippen molar-refractivity contribution in [2.24, 2.45) is 0 Å². The third-order valence-corrected chi connectivity index (χ3v) is 6.01. The molecule has 0 saturated heterocycles. The van der Waals surface area contributed by atoms with Crippen LogP contribution in [-0.4, -0.2) is 25.4 Å². The molecule has 0 aliphatic rings. The van der Waals surface area contributed by atoms with Crippen LogP contribution in [0.1, 0.15) is 0 Å². The minimum atomic E-state index is -3.52. The molecule has 0 aliphatic heterocycles. The Hall–Kier alpha value is -3.75. The number of aromatic nitrogens is 2. The van der Waals surface area contributed by atoms with E-state index in [9.17, 15) is 8.42 Å². The maximum atomic E-state index is 12.0. The van der Waals surface area contributed by atoms with E-state index in [1.807, 2.05) is 30.3 Å². The summed E-state index contributed by atoms with van der Waals surface area (Å²) in [6, 6.07) is 26.5. The molecule has 0 saturated carbocycles. The molecule has 0 atom stereocenters. The molecular formula is C23H21N5O2S. The second-order valence-corrected chi connectivity index (χ2v) is 8.61. The van der Waals surface area contributed by atoms with Crippen LogP contribution in [0.25, 0.3) is 11.1 Å². The van der Waals surface area contributed by atoms with Gasteiger partial charge in [0.1, 0.15) is 18.0 Å². The minimum absolute atomic E-state index is 0.171. The highest BCUT2D eigenvalue weighted by atomic mass is 32.2. The Labute approximate surface area is 181 Å². The van der Waals surface area contributed by atoms with Gasteiger partial charge in [0.15, 0.2) is 0 Å². The van der Waals surface area contributed by atoms with E-state index >= 15 is 0 Å². The van der Waals surface area contributed by atoms with Crippen LogP contribution in [0.5, 0.6) is 0 Å². The summed E-state index contributed by atoms with van der Waals surface area (Å²) in [4.78, 5) is 8.68. The lowest BCUT2D eigenvalue weighted by Crippen LogP contribution is -2.18. The first-order valence-electron chi connectivity index (χ1n) is 9.59. The molecule has 0 fully saturated rings. The fourth-order valence-corrected chi connectivity index (χ4v) is 3.83. The number of nitrogens with zero attached hydrogens (tertiary/aromatic N) is 2. The number of benzene rings is 3. The summed E-state index contributed by atoms with van der Waals surface area (Å²) >= 11 is 0. The van der Waals surface area contributed by atoms with Crippen LogP contribution in [0.4, 0.5) is 23.0 Å². The highest BCUT2D eigenvalue weighted by Gasteiger charge is 2.11. The molecular weight excluding hydrogens is 410 g/mol. The van der Waals surface area contributed by atoms with Crippen molar-refractivity contribution >= 4 is 33.0 Å². The zero-order valence-corrected chi connectivity index (χ0v) is 17.6. The van der Waals surface area contributed by atoms with E-state index in [2.05, 4.69) is 49.6 Å². The molecule has 7 nitrogen and oxygen atoms in total. The summed E-state index contributed by atoms with van der Waals surface area (Å²) in [6.07, 6.45) is 1.44. The van der Waals surface area contributed by atoms with Crippen molar-refractivity contribution < 1.29 is 8.42 Å². The molecule has 0 unspecified atom stereocenters. The molecule has 1 aromatic heterocycles. The molecule has 0 amide bonds. The number of anilines is 4. The van der Waals surface area contributed by atoms with Crippen molar-refractivity contribution in [3.05, 3.63) is 91.3 Å². The average Bonchev–Trinajstić information content (AvgIpc) is 2.80. The zero-order valence-electron chi connectivity index (χ0n) is 16.8. The summed E-state index contributed by atoms with van der Waals surface area (Å²) in [5, 5.41) is 6.41. The lowest BCUT2D eigenvalue weighted by molar-refractivity contribution is 0.588. The van der Waals surface area contributed by atoms with Crippen LogP contribution in [-0.2, 0) is 10.0 Å².